The minimum atomic E-state index is -0.0472. The van der Waals surface area contributed by atoms with Crippen LogP contribution in [0.1, 0.15) is 51.4 Å². The van der Waals surface area contributed by atoms with Gasteiger partial charge < -0.3 is 14.6 Å². The Balaban J connectivity index is 2.07. The Kier molecular flexibility index (Phi) is 8.09. The van der Waals surface area contributed by atoms with E-state index in [0.717, 1.165) is 77.1 Å². The second kappa shape index (κ2) is 11.4. The minimum absolute atomic E-state index is 0.0472. The van der Waals surface area contributed by atoms with Crippen molar-refractivity contribution in [1.82, 2.24) is 9.89 Å². The van der Waals surface area contributed by atoms with Crippen LogP contribution in [0.25, 0.3) is 33.4 Å². The van der Waals surface area contributed by atoms with Crippen LogP contribution in [0.5, 0.6) is 0 Å². The van der Waals surface area contributed by atoms with Crippen LogP contribution < -0.4 is 20.1 Å². The fourth-order valence-electron chi connectivity index (χ4n) is 4.96. The zero-order chi connectivity index (χ0) is 25.7. The molecule has 1 aliphatic carbocycles. The summed E-state index contributed by atoms with van der Waals surface area (Å²) in [5.41, 5.74) is 5.59. The molecule has 0 aromatic heterocycles. The lowest BCUT2D eigenvalue weighted by atomic mass is 9.90. The average molecular weight is 485 g/mol. The number of hydrogen-bond donors (Lipinski definition) is 1. The van der Waals surface area contributed by atoms with Gasteiger partial charge in [0.1, 0.15) is 24.4 Å². The summed E-state index contributed by atoms with van der Waals surface area (Å²) in [6.07, 6.45) is 0.895. The molecule has 1 N–H and O–H groups in total. The number of nitrogens with one attached hydrogen (secondary N) is 1. The van der Waals surface area contributed by atoms with Gasteiger partial charge in [-0.1, -0.05) is 25.1 Å². The Morgan fingerprint density at radius 3 is 2.33 bits per heavy atom. The summed E-state index contributed by atoms with van der Waals surface area (Å²) in [6.45, 7) is 15.1. The molecule has 0 atom stereocenters. The zero-order valence-electron chi connectivity index (χ0n) is 22.2. The maximum Gasteiger partial charge on any atom is 0.251 e. The first-order valence-electron chi connectivity index (χ1n) is 13.3. The van der Waals surface area contributed by atoms with Crippen molar-refractivity contribution in [3.8, 4) is 22.5 Å². The Hall–Kier alpha value is -3.60. The third-order valence-electron chi connectivity index (χ3n) is 6.92. The maximum absolute atomic E-state index is 13.2. The molecule has 1 heterocycles. The summed E-state index contributed by atoms with van der Waals surface area (Å²) < 4.78 is 8.90. The standard InChI is InChI=1S/C31H37N3O2/c1-6-19-32-31(35)25-14-12-11-13-24(25)30-26-17-15-22(33(7-2)8-3)20-28(26)36-29-21-23(16-18-27(29)30)34(9-4)10-5/h11-18,20-21H,6-10,19H2,1-5H3/p+1. The van der Waals surface area contributed by atoms with Crippen molar-refractivity contribution in [3.63, 3.8) is 0 Å². The summed E-state index contributed by atoms with van der Waals surface area (Å²) in [4.78, 5) is 15.5. The second-order valence-corrected chi connectivity index (χ2v) is 8.98. The molecule has 0 saturated carbocycles. The van der Waals surface area contributed by atoms with Gasteiger partial charge in [-0.2, -0.15) is 0 Å². The first kappa shape index (κ1) is 25.5. The molecular formula is C31H38N3O2+. The van der Waals surface area contributed by atoms with Crippen LogP contribution >= 0.6 is 0 Å². The van der Waals surface area contributed by atoms with Crippen LogP contribution in [0, 0.1) is 0 Å². The van der Waals surface area contributed by atoms with Gasteiger partial charge >= 0.3 is 0 Å². The van der Waals surface area contributed by atoms with E-state index in [2.05, 4.69) is 85.8 Å². The van der Waals surface area contributed by atoms with Gasteiger partial charge in [-0.15, -0.1) is 0 Å². The normalized spacial score (nSPS) is 11.1. The van der Waals surface area contributed by atoms with Crippen molar-refractivity contribution in [1.29, 1.82) is 0 Å². The highest BCUT2D eigenvalue weighted by Crippen LogP contribution is 2.42. The number of fused-ring (bicyclic) bond motifs is 2. The molecule has 4 rings (SSSR count). The molecule has 1 amide bonds. The van der Waals surface area contributed by atoms with E-state index in [0.29, 0.717) is 12.1 Å². The van der Waals surface area contributed by atoms with Gasteiger partial charge in [-0.25, -0.2) is 4.58 Å². The van der Waals surface area contributed by atoms with Gasteiger partial charge in [0.15, 0.2) is 0 Å². The number of carbonyl (C=O) groups excluding carboxylic acids is 1. The maximum atomic E-state index is 13.2. The van der Waals surface area contributed by atoms with Crippen LogP contribution in [0.2, 0.25) is 0 Å². The highest BCUT2D eigenvalue weighted by Gasteiger charge is 2.22. The van der Waals surface area contributed by atoms with Crippen LogP contribution in [0.3, 0.4) is 0 Å². The lowest BCUT2D eigenvalue weighted by Gasteiger charge is -2.22. The number of nitrogens with zero attached hydrogens (tertiary/aromatic N) is 2. The molecular weight excluding hydrogens is 446 g/mol. The second-order valence-electron chi connectivity index (χ2n) is 8.98. The van der Waals surface area contributed by atoms with Gasteiger partial charge in [0.2, 0.25) is 5.36 Å². The van der Waals surface area contributed by atoms with Crippen molar-refractivity contribution < 1.29 is 9.21 Å². The van der Waals surface area contributed by atoms with Gasteiger partial charge in [0.05, 0.1) is 6.07 Å². The van der Waals surface area contributed by atoms with Crippen molar-refractivity contribution in [2.75, 3.05) is 37.6 Å². The molecule has 2 aliphatic rings. The van der Waals surface area contributed by atoms with Crippen molar-refractivity contribution in [2.24, 2.45) is 0 Å². The van der Waals surface area contributed by atoms with E-state index < -0.39 is 0 Å². The highest BCUT2D eigenvalue weighted by molar-refractivity contribution is 6.09. The van der Waals surface area contributed by atoms with Crippen molar-refractivity contribution in [2.45, 2.75) is 41.0 Å². The summed E-state index contributed by atoms with van der Waals surface area (Å²) in [5.74, 6) is 0.774. The topological polar surface area (TPSA) is 48.5 Å². The predicted molar refractivity (Wildman–Crippen MR) is 151 cm³/mol. The van der Waals surface area contributed by atoms with Crippen LogP contribution in [0.4, 0.5) is 5.69 Å². The molecule has 5 nitrogen and oxygen atoms in total. The minimum Gasteiger partial charge on any atom is -0.456 e. The number of hydrogen-bond acceptors (Lipinski definition) is 3. The first-order chi connectivity index (χ1) is 17.6. The van der Waals surface area contributed by atoms with E-state index >= 15 is 0 Å². The number of rotatable bonds is 9. The summed E-state index contributed by atoms with van der Waals surface area (Å²) in [5, 5.41) is 5.20. The third kappa shape index (κ3) is 4.88. The molecule has 2 aromatic rings. The fourth-order valence-corrected chi connectivity index (χ4v) is 4.96. The number of carbonyl (C=O) groups is 1. The number of amides is 1. The molecule has 0 radical (unpaired) electrons. The Morgan fingerprint density at radius 1 is 0.889 bits per heavy atom. The molecule has 5 heteroatoms. The zero-order valence-corrected chi connectivity index (χ0v) is 22.2. The van der Waals surface area contributed by atoms with Crippen LogP contribution in [-0.2, 0) is 0 Å². The quantitative estimate of drug-likeness (QED) is 0.234. The summed E-state index contributed by atoms with van der Waals surface area (Å²) in [6, 6.07) is 20.8. The van der Waals surface area contributed by atoms with Crippen molar-refractivity contribution >= 4 is 22.6 Å². The fraction of sp³-hybridized carbons (Fsp3) is 0.355. The molecule has 0 bridgehead atoms. The largest absolute Gasteiger partial charge is 0.456 e. The first-order valence-corrected chi connectivity index (χ1v) is 13.3. The average Bonchev–Trinajstić information content (AvgIpc) is 2.91. The van der Waals surface area contributed by atoms with E-state index in [9.17, 15) is 4.79 Å². The molecule has 0 spiro atoms. The molecule has 0 unspecified atom stereocenters. The molecule has 0 fully saturated rings. The van der Waals surface area contributed by atoms with E-state index in [1.54, 1.807) is 0 Å². The summed E-state index contributed by atoms with van der Waals surface area (Å²) >= 11 is 0. The van der Waals surface area contributed by atoms with Crippen LogP contribution in [-0.4, -0.2) is 38.6 Å². The molecule has 1 aliphatic heterocycles. The van der Waals surface area contributed by atoms with E-state index in [1.807, 2.05) is 24.3 Å². The highest BCUT2D eigenvalue weighted by atomic mass is 16.3. The van der Waals surface area contributed by atoms with E-state index in [1.165, 1.54) is 0 Å². The van der Waals surface area contributed by atoms with Gasteiger partial charge in [0, 0.05) is 59.5 Å². The van der Waals surface area contributed by atoms with E-state index in [-0.39, 0.29) is 5.91 Å². The molecule has 188 valence electrons. The Bertz CT molecular complexity index is 1390. The molecule has 0 saturated heterocycles. The molecule has 36 heavy (non-hydrogen) atoms. The monoisotopic (exact) mass is 484 g/mol. The van der Waals surface area contributed by atoms with E-state index in [4.69, 9.17) is 4.42 Å². The van der Waals surface area contributed by atoms with Gasteiger partial charge in [0.25, 0.3) is 5.91 Å². The van der Waals surface area contributed by atoms with Gasteiger partial charge in [-0.3, -0.25) is 4.79 Å². The SMILES string of the molecule is CCCNC(=O)c1ccccc1-c1c2ccc(=[N+](CC)CC)cc-2oc2cc(N(CC)CC)ccc12. The van der Waals surface area contributed by atoms with Gasteiger partial charge in [-0.05, 0) is 63.9 Å². The smallest absolute Gasteiger partial charge is 0.251 e. The summed E-state index contributed by atoms with van der Waals surface area (Å²) in [7, 11) is 0. The third-order valence-corrected chi connectivity index (χ3v) is 6.92. The number of benzene rings is 3. The Morgan fingerprint density at radius 2 is 1.64 bits per heavy atom. The van der Waals surface area contributed by atoms with Crippen LogP contribution in [0.15, 0.2) is 65.1 Å². The Labute approximate surface area is 214 Å². The number of anilines is 1. The predicted octanol–water partition coefficient (Wildman–Crippen LogP) is 6.00. The lowest BCUT2D eigenvalue weighted by molar-refractivity contribution is 0.0954. The lowest BCUT2D eigenvalue weighted by Crippen LogP contribution is -2.29. The molecule has 2 aromatic carbocycles. The van der Waals surface area contributed by atoms with Crippen molar-refractivity contribution in [3.05, 3.63) is 71.6 Å².